The Bertz CT molecular complexity index is 1220. The van der Waals surface area contributed by atoms with E-state index in [2.05, 4.69) is 33.2 Å². The number of rotatable bonds is 7. The number of benzene rings is 3. The molecule has 0 radical (unpaired) electrons. The zero-order valence-corrected chi connectivity index (χ0v) is 21.6. The highest BCUT2D eigenvalue weighted by Crippen LogP contribution is 2.24. The van der Waals surface area contributed by atoms with Gasteiger partial charge < -0.3 is 21.1 Å². The zero-order valence-electron chi connectivity index (χ0n) is 17.9. The van der Waals surface area contributed by atoms with Gasteiger partial charge in [-0.15, -0.1) is 0 Å². The van der Waals surface area contributed by atoms with Crippen LogP contribution in [0.5, 0.6) is 0 Å². The van der Waals surface area contributed by atoms with Crippen molar-refractivity contribution in [2.24, 2.45) is 0 Å². The maximum absolute atomic E-state index is 12.7. The molecule has 1 atom stereocenters. The highest BCUT2D eigenvalue weighted by molar-refractivity contribution is 14.1. The molecule has 0 spiro atoms. The van der Waals surface area contributed by atoms with E-state index in [-0.39, 0.29) is 27.9 Å². The molecule has 0 fully saturated rings. The molecule has 0 aromatic heterocycles. The Kier molecular flexibility index (Phi) is 8.76. The monoisotopic (exact) mass is 611 g/mol. The summed E-state index contributed by atoms with van der Waals surface area (Å²) in [4.78, 5) is 37.6. The molecule has 7 nitrogen and oxygen atoms in total. The van der Waals surface area contributed by atoms with Crippen LogP contribution in [0.2, 0.25) is 10.0 Å². The van der Waals surface area contributed by atoms with E-state index in [1.165, 1.54) is 19.2 Å². The first-order chi connectivity index (χ1) is 16.2. The lowest BCUT2D eigenvalue weighted by atomic mass is 10.0. The Labute approximate surface area is 220 Å². The molecule has 176 valence electrons. The number of esters is 1. The fraction of sp³-hybridized carbons (Fsp3) is 0.125. The van der Waals surface area contributed by atoms with Crippen molar-refractivity contribution in [2.45, 2.75) is 12.5 Å². The Hall–Kier alpha value is -2.82. The van der Waals surface area contributed by atoms with Crippen LogP contribution >= 0.6 is 45.8 Å². The van der Waals surface area contributed by atoms with Crippen LogP contribution in [-0.2, 0) is 16.0 Å². The number of nitrogens with two attached hydrogens (primary N) is 1. The number of nitrogen functional groups attached to an aromatic ring is 1. The van der Waals surface area contributed by atoms with Gasteiger partial charge in [0.2, 0.25) is 0 Å². The molecule has 0 saturated carbocycles. The number of halogens is 3. The summed E-state index contributed by atoms with van der Waals surface area (Å²) in [5.74, 6) is -1.55. The number of hydrogen-bond donors (Lipinski definition) is 3. The zero-order chi connectivity index (χ0) is 24.8. The lowest BCUT2D eigenvalue weighted by Gasteiger charge is -2.18. The van der Waals surface area contributed by atoms with Gasteiger partial charge in [-0.05, 0) is 70.6 Å². The van der Waals surface area contributed by atoms with Crippen molar-refractivity contribution in [2.75, 3.05) is 18.2 Å². The Balaban J connectivity index is 1.72. The number of amides is 2. The van der Waals surface area contributed by atoms with Gasteiger partial charge in [0.25, 0.3) is 11.8 Å². The van der Waals surface area contributed by atoms with Crippen molar-refractivity contribution in [3.63, 3.8) is 0 Å². The molecule has 3 rings (SSSR count). The van der Waals surface area contributed by atoms with Gasteiger partial charge in [-0.1, -0.05) is 41.4 Å². The van der Waals surface area contributed by atoms with Crippen LogP contribution in [0.3, 0.4) is 0 Å². The minimum Gasteiger partial charge on any atom is -0.467 e. The molecule has 4 N–H and O–H groups in total. The summed E-state index contributed by atoms with van der Waals surface area (Å²) in [6, 6.07) is 15.8. The Morgan fingerprint density at radius 3 is 2.26 bits per heavy atom. The minimum atomic E-state index is -0.975. The van der Waals surface area contributed by atoms with Crippen molar-refractivity contribution < 1.29 is 19.1 Å². The topological polar surface area (TPSA) is 111 Å². The fourth-order valence-corrected chi connectivity index (χ4v) is 4.22. The molecular formula is C24H20Cl2IN3O4. The highest BCUT2D eigenvalue weighted by Gasteiger charge is 2.25. The van der Waals surface area contributed by atoms with Crippen molar-refractivity contribution >= 4 is 75.0 Å². The molecule has 0 saturated heterocycles. The first-order valence-electron chi connectivity index (χ1n) is 9.97. The molecule has 3 aromatic carbocycles. The van der Waals surface area contributed by atoms with Gasteiger partial charge in [0.1, 0.15) is 6.04 Å². The van der Waals surface area contributed by atoms with Crippen LogP contribution in [0, 0.1) is 3.57 Å². The molecule has 0 aliphatic carbocycles. The van der Waals surface area contributed by atoms with E-state index in [1.807, 2.05) is 6.07 Å². The summed E-state index contributed by atoms with van der Waals surface area (Å²) in [5, 5.41) is 5.76. The second-order valence-electron chi connectivity index (χ2n) is 7.23. The standard InChI is InChI=1S/C24H20Cl2IN3O4/c1-34-24(33)20(30-23(32)21-17(25)3-2-4-18(21)26)11-13-5-8-15(9-6-13)29-22(31)16-12-14(27)7-10-19(16)28/h2-10,12,20H,11,28H2,1H3,(H,29,31)(H,30,32)/t20-/m0/s1. The molecule has 0 heterocycles. The maximum Gasteiger partial charge on any atom is 0.328 e. The number of carbonyl (C=O) groups is 3. The minimum absolute atomic E-state index is 0.0765. The van der Waals surface area contributed by atoms with Gasteiger partial charge in [0.05, 0.1) is 28.3 Å². The third kappa shape index (κ3) is 6.40. The van der Waals surface area contributed by atoms with Gasteiger partial charge in [-0.2, -0.15) is 0 Å². The van der Waals surface area contributed by atoms with E-state index in [0.29, 0.717) is 16.9 Å². The van der Waals surface area contributed by atoms with Gasteiger partial charge in [-0.25, -0.2) is 4.79 Å². The van der Waals surface area contributed by atoms with Gasteiger partial charge in [0, 0.05) is 21.4 Å². The number of anilines is 2. The predicted octanol–water partition coefficient (Wildman–Crippen LogP) is 4.95. The van der Waals surface area contributed by atoms with Crippen LogP contribution < -0.4 is 16.4 Å². The Morgan fingerprint density at radius 2 is 1.65 bits per heavy atom. The fourth-order valence-electron chi connectivity index (χ4n) is 3.16. The molecule has 34 heavy (non-hydrogen) atoms. The van der Waals surface area contributed by atoms with Crippen molar-refractivity contribution in [3.8, 4) is 0 Å². The summed E-state index contributed by atoms with van der Waals surface area (Å²) < 4.78 is 5.73. The highest BCUT2D eigenvalue weighted by atomic mass is 127. The summed E-state index contributed by atoms with van der Waals surface area (Å²) >= 11 is 14.3. The third-order valence-corrected chi connectivity index (χ3v) is 6.19. The van der Waals surface area contributed by atoms with Crippen molar-refractivity contribution in [1.82, 2.24) is 5.32 Å². The molecule has 2 amide bonds. The van der Waals surface area contributed by atoms with E-state index < -0.39 is 17.9 Å². The molecule has 3 aromatic rings. The lowest BCUT2D eigenvalue weighted by Crippen LogP contribution is -2.43. The number of carbonyl (C=O) groups excluding carboxylic acids is 3. The Morgan fingerprint density at radius 1 is 1.00 bits per heavy atom. The molecule has 10 heteroatoms. The van der Waals surface area contributed by atoms with Crippen LogP contribution in [0.4, 0.5) is 11.4 Å². The third-order valence-electron chi connectivity index (χ3n) is 4.89. The average Bonchev–Trinajstić information content (AvgIpc) is 2.80. The number of hydrogen-bond acceptors (Lipinski definition) is 5. The van der Waals surface area contributed by atoms with Crippen LogP contribution in [0.25, 0.3) is 0 Å². The summed E-state index contributed by atoms with van der Waals surface area (Å²) in [6.45, 7) is 0. The summed E-state index contributed by atoms with van der Waals surface area (Å²) in [5.41, 5.74) is 8.02. The predicted molar refractivity (Wildman–Crippen MR) is 141 cm³/mol. The SMILES string of the molecule is COC(=O)[C@H](Cc1ccc(NC(=O)c2cc(I)ccc2N)cc1)NC(=O)c1c(Cl)cccc1Cl. The van der Waals surface area contributed by atoms with Gasteiger partial charge in [-0.3, -0.25) is 9.59 Å². The molecular weight excluding hydrogens is 592 g/mol. The normalized spacial score (nSPS) is 11.4. The summed E-state index contributed by atoms with van der Waals surface area (Å²) in [6.07, 6.45) is 0.151. The van der Waals surface area contributed by atoms with E-state index in [9.17, 15) is 14.4 Å². The molecule has 0 unspecified atom stereocenters. The van der Waals surface area contributed by atoms with Crippen molar-refractivity contribution in [1.29, 1.82) is 0 Å². The second-order valence-corrected chi connectivity index (χ2v) is 9.29. The molecule has 0 bridgehead atoms. The number of ether oxygens (including phenoxy) is 1. The van der Waals surface area contributed by atoms with Gasteiger partial charge in [0.15, 0.2) is 0 Å². The molecule has 0 aliphatic rings. The van der Waals surface area contributed by atoms with Crippen molar-refractivity contribution in [3.05, 3.63) is 91.0 Å². The van der Waals surface area contributed by atoms with E-state index in [0.717, 1.165) is 9.13 Å². The quantitative estimate of drug-likeness (QED) is 0.199. The van der Waals surface area contributed by atoms with E-state index in [1.54, 1.807) is 42.5 Å². The molecule has 0 aliphatic heterocycles. The first-order valence-corrected chi connectivity index (χ1v) is 11.8. The van der Waals surface area contributed by atoms with Crippen LogP contribution in [0.1, 0.15) is 26.3 Å². The first kappa shape index (κ1) is 25.8. The van der Waals surface area contributed by atoms with E-state index >= 15 is 0 Å². The number of methoxy groups -OCH3 is 1. The second kappa shape index (κ2) is 11.5. The van der Waals surface area contributed by atoms with Crippen LogP contribution in [-0.4, -0.2) is 30.9 Å². The smallest absolute Gasteiger partial charge is 0.328 e. The van der Waals surface area contributed by atoms with Gasteiger partial charge >= 0.3 is 5.97 Å². The number of nitrogens with one attached hydrogen (secondary N) is 2. The maximum atomic E-state index is 12.7. The largest absolute Gasteiger partial charge is 0.467 e. The average molecular weight is 612 g/mol. The van der Waals surface area contributed by atoms with E-state index in [4.69, 9.17) is 33.7 Å². The summed E-state index contributed by atoms with van der Waals surface area (Å²) in [7, 11) is 1.24. The van der Waals surface area contributed by atoms with Crippen LogP contribution in [0.15, 0.2) is 60.7 Å². The lowest BCUT2D eigenvalue weighted by molar-refractivity contribution is -0.142.